The predicted octanol–water partition coefficient (Wildman–Crippen LogP) is 4.09. The first-order valence-electron chi connectivity index (χ1n) is 9.33. The van der Waals surface area contributed by atoms with Crippen LogP contribution in [-0.4, -0.2) is 57.7 Å². The van der Waals surface area contributed by atoms with Crippen molar-refractivity contribution in [1.29, 1.82) is 0 Å². The number of carboxylic acids is 1. The topological polar surface area (TPSA) is 69.6 Å². The zero-order valence-electron chi connectivity index (χ0n) is 15.9. The van der Waals surface area contributed by atoms with Crippen LogP contribution >= 0.6 is 27.5 Å². The Labute approximate surface area is 180 Å². The molecule has 10 heteroatoms. The second kappa shape index (κ2) is 7.28. The van der Waals surface area contributed by atoms with E-state index < -0.39 is 23.0 Å². The predicted molar refractivity (Wildman–Crippen MR) is 109 cm³/mol. The van der Waals surface area contributed by atoms with Crippen LogP contribution in [0.3, 0.4) is 0 Å². The van der Waals surface area contributed by atoms with Gasteiger partial charge in [0.25, 0.3) is 0 Å². The summed E-state index contributed by atoms with van der Waals surface area (Å²) in [7, 11) is 0. The van der Waals surface area contributed by atoms with Crippen LogP contribution < -0.4 is 4.90 Å². The van der Waals surface area contributed by atoms with Gasteiger partial charge in [-0.3, -0.25) is 9.69 Å². The summed E-state index contributed by atoms with van der Waals surface area (Å²) in [6.45, 7) is 5.05. The van der Waals surface area contributed by atoms with Gasteiger partial charge >= 0.3 is 5.97 Å². The fourth-order valence-electron chi connectivity index (χ4n) is 4.32. The molecule has 4 rings (SSSR count). The summed E-state index contributed by atoms with van der Waals surface area (Å²) in [5.74, 6) is -1.97. The molecule has 0 radical (unpaired) electrons. The molecule has 3 heterocycles. The third-order valence-corrected chi connectivity index (χ3v) is 6.77. The first kappa shape index (κ1) is 20.7. The maximum absolute atomic E-state index is 14.6. The highest BCUT2D eigenvalue weighted by atomic mass is 79.9. The van der Waals surface area contributed by atoms with Crippen LogP contribution in [0.1, 0.15) is 26.7 Å². The average Bonchev–Trinajstić information content (AvgIpc) is 2.87. The summed E-state index contributed by atoms with van der Waals surface area (Å²) < 4.78 is 28.5. The van der Waals surface area contributed by atoms with E-state index in [1.54, 1.807) is 13.8 Å². The number of rotatable bonds is 4. The quantitative estimate of drug-likeness (QED) is 0.515. The number of carboxylic acid groups (broad SMARTS) is 1. The number of nitrogens with zero attached hydrogens (tertiary/aromatic N) is 4. The molecular formula is C19H20BrClF2N4O2. The van der Waals surface area contributed by atoms with Gasteiger partial charge in [0.2, 0.25) is 5.28 Å². The second-order valence-electron chi connectivity index (χ2n) is 8.35. The lowest BCUT2D eigenvalue weighted by Crippen LogP contribution is -2.57. The number of hydrogen-bond donors (Lipinski definition) is 1. The molecular weight excluding hydrogens is 470 g/mol. The Morgan fingerprint density at radius 1 is 1.31 bits per heavy atom. The SMILES string of the molecule is CC(C)(CN1[C@@H]2CC[C@H]1CN(c1nc(Cl)nc3c(F)c(Br)c(F)cc13)C2)C(=O)O. The highest BCUT2D eigenvalue weighted by Gasteiger charge is 2.44. The lowest BCUT2D eigenvalue weighted by Gasteiger charge is -2.44. The molecule has 2 fully saturated rings. The fourth-order valence-corrected chi connectivity index (χ4v) is 4.78. The number of hydrogen-bond acceptors (Lipinski definition) is 5. The number of aromatic nitrogens is 2. The lowest BCUT2D eigenvalue weighted by molar-refractivity contribution is -0.148. The van der Waals surface area contributed by atoms with Gasteiger partial charge in [-0.25, -0.2) is 13.8 Å². The second-order valence-corrected chi connectivity index (χ2v) is 9.48. The normalized spacial score (nSPS) is 22.5. The smallest absolute Gasteiger partial charge is 0.310 e. The summed E-state index contributed by atoms with van der Waals surface area (Å²) in [6, 6.07) is 1.50. The minimum atomic E-state index is -0.855. The molecule has 2 aliphatic rings. The van der Waals surface area contributed by atoms with Crippen molar-refractivity contribution in [3.63, 3.8) is 0 Å². The fraction of sp³-hybridized carbons (Fsp3) is 0.526. The Hall–Kier alpha value is -1.58. The molecule has 2 saturated heterocycles. The highest BCUT2D eigenvalue weighted by Crippen LogP contribution is 2.38. The molecule has 1 aromatic heterocycles. The van der Waals surface area contributed by atoms with Crippen molar-refractivity contribution in [1.82, 2.24) is 14.9 Å². The first-order valence-corrected chi connectivity index (χ1v) is 10.5. The van der Waals surface area contributed by atoms with Gasteiger partial charge in [0.15, 0.2) is 5.82 Å². The maximum atomic E-state index is 14.6. The van der Waals surface area contributed by atoms with Crippen molar-refractivity contribution in [2.75, 3.05) is 24.5 Å². The van der Waals surface area contributed by atoms with Crippen molar-refractivity contribution in [3.8, 4) is 0 Å². The summed E-state index contributed by atoms with van der Waals surface area (Å²) in [4.78, 5) is 24.0. The molecule has 0 spiro atoms. The number of anilines is 1. The van der Waals surface area contributed by atoms with Crippen LogP contribution in [0.15, 0.2) is 10.5 Å². The van der Waals surface area contributed by atoms with Gasteiger partial charge in [-0.1, -0.05) is 0 Å². The van der Waals surface area contributed by atoms with E-state index in [4.69, 9.17) is 11.6 Å². The van der Waals surface area contributed by atoms with Gasteiger partial charge in [0.1, 0.15) is 17.2 Å². The molecule has 0 unspecified atom stereocenters. The minimum Gasteiger partial charge on any atom is -0.481 e. The van der Waals surface area contributed by atoms with Crippen LogP contribution in [0.25, 0.3) is 10.9 Å². The van der Waals surface area contributed by atoms with Gasteiger partial charge < -0.3 is 10.0 Å². The molecule has 2 atom stereocenters. The van der Waals surface area contributed by atoms with Crippen molar-refractivity contribution < 1.29 is 18.7 Å². The molecule has 2 bridgehead atoms. The van der Waals surface area contributed by atoms with Gasteiger partial charge in [0.05, 0.1) is 9.89 Å². The zero-order chi connectivity index (χ0) is 21.1. The largest absolute Gasteiger partial charge is 0.481 e. The van der Waals surface area contributed by atoms with Gasteiger partial charge in [0, 0.05) is 37.1 Å². The summed E-state index contributed by atoms with van der Waals surface area (Å²) in [5.41, 5.74) is -0.887. The van der Waals surface area contributed by atoms with Crippen LogP contribution in [0, 0.1) is 17.0 Å². The molecule has 29 heavy (non-hydrogen) atoms. The molecule has 0 aliphatic carbocycles. The van der Waals surface area contributed by atoms with E-state index >= 15 is 0 Å². The van der Waals surface area contributed by atoms with Gasteiger partial charge in [-0.05, 0) is 60.3 Å². The molecule has 1 aromatic carbocycles. The van der Waals surface area contributed by atoms with Gasteiger partial charge in [-0.2, -0.15) is 4.98 Å². The Kier molecular flexibility index (Phi) is 5.19. The van der Waals surface area contributed by atoms with E-state index in [-0.39, 0.29) is 32.7 Å². The summed E-state index contributed by atoms with van der Waals surface area (Å²) in [5, 5.41) is 9.64. The molecule has 156 valence electrons. The zero-order valence-corrected chi connectivity index (χ0v) is 18.3. The van der Waals surface area contributed by atoms with Crippen molar-refractivity contribution in [3.05, 3.63) is 27.5 Å². The van der Waals surface area contributed by atoms with Crippen LogP contribution in [0.2, 0.25) is 5.28 Å². The molecule has 1 N–H and O–H groups in total. The van der Waals surface area contributed by atoms with E-state index in [1.807, 2.05) is 4.90 Å². The standard InChI is InChI=1S/C19H20BrClF2N4O2/c1-19(2,17(28)29)8-27-9-3-4-10(27)7-26(6-9)16-11-5-12(22)13(20)14(23)15(11)24-18(21)25-16/h5,9-10H,3-4,6-8H2,1-2H3,(H,28,29)/t9-,10+. The van der Waals surface area contributed by atoms with E-state index in [0.29, 0.717) is 25.5 Å². The maximum Gasteiger partial charge on any atom is 0.310 e. The Bertz CT molecular complexity index is 992. The summed E-state index contributed by atoms with van der Waals surface area (Å²) in [6.07, 6.45) is 1.86. The van der Waals surface area contributed by atoms with Gasteiger partial charge in [-0.15, -0.1) is 0 Å². The number of carbonyl (C=O) groups is 1. The van der Waals surface area contributed by atoms with Crippen molar-refractivity contribution in [2.24, 2.45) is 5.41 Å². The third kappa shape index (κ3) is 3.57. The Balaban J connectivity index is 1.68. The van der Waals surface area contributed by atoms with E-state index in [2.05, 4.69) is 30.8 Å². The first-order chi connectivity index (χ1) is 13.6. The molecule has 0 amide bonds. The number of benzene rings is 1. The Morgan fingerprint density at radius 2 is 1.93 bits per heavy atom. The number of aliphatic carboxylic acids is 1. The number of piperazine rings is 1. The molecule has 0 saturated carbocycles. The molecule has 6 nitrogen and oxygen atoms in total. The monoisotopic (exact) mass is 488 g/mol. The van der Waals surface area contributed by atoms with Crippen molar-refractivity contribution in [2.45, 2.75) is 38.8 Å². The van der Waals surface area contributed by atoms with Crippen LogP contribution in [-0.2, 0) is 4.79 Å². The van der Waals surface area contributed by atoms with Crippen molar-refractivity contribution >= 4 is 50.2 Å². The highest BCUT2D eigenvalue weighted by molar-refractivity contribution is 9.10. The van der Waals surface area contributed by atoms with E-state index in [1.165, 1.54) is 6.07 Å². The number of halogens is 4. The van der Waals surface area contributed by atoms with E-state index in [9.17, 15) is 18.7 Å². The minimum absolute atomic E-state index is 0.0323. The average molecular weight is 490 g/mol. The molecule has 2 aromatic rings. The van der Waals surface area contributed by atoms with E-state index in [0.717, 1.165) is 12.8 Å². The molecule has 2 aliphatic heterocycles. The third-order valence-electron chi connectivity index (χ3n) is 5.87. The van der Waals surface area contributed by atoms with Crippen LogP contribution in [0.4, 0.5) is 14.6 Å². The van der Waals surface area contributed by atoms with Crippen LogP contribution in [0.5, 0.6) is 0 Å². The number of fused-ring (bicyclic) bond motifs is 3. The Morgan fingerprint density at radius 3 is 2.52 bits per heavy atom. The summed E-state index contributed by atoms with van der Waals surface area (Å²) >= 11 is 8.95. The lowest BCUT2D eigenvalue weighted by atomic mass is 9.92.